The molecule has 0 saturated carbocycles. The maximum atomic E-state index is 11.7. The van der Waals surface area contributed by atoms with Gasteiger partial charge in [0.1, 0.15) is 0 Å². The van der Waals surface area contributed by atoms with Gasteiger partial charge in [0, 0.05) is 17.1 Å². The summed E-state index contributed by atoms with van der Waals surface area (Å²) in [4.78, 5) is 23.4. The number of benzene rings is 2. The molecule has 0 aliphatic carbocycles. The van der Waals surface area contributed by atoms with E-state index in [1.807, 2.05) is 24.3 Å². The highest BCUT2D eigenvalue weighted by molar-refractivity contribution is 9.10. The number of carbonyl (C=O) groups excluding carboxylic acids is 2. The number of ether oxygens (including phenoxy) is 1. The van der Waals surface area contributed by atoms with E-state index in [1.165, 1.54) is 18.2 Å². The maximum absolute atomic E-state index is 11.7. The van der Waals surface area contributed by atoms with Crippen LogP contribution in [0.15, 0.2) is 64.0 Å². The average molecular weight is 467 g/mol. The zero-order valence-corrected chi connectivity index (χ0v) is 17.2. The molecular formula is C19H19BrN2O5S. The third-order valence-electron chi connectivity index (χ3n) is 3.59. The summed E-state index contributed by atoms with van der Waals surface area (Å²) in [5.41, 5.74) is 1.66. The molecule has 0 aliphatic rings. The van der Waals surface area contributed by atoms with Crippen molar-refractivity contribution in [2.45, 2.75) is 11.3 Å². The maximum Gasteiger partial charge on any atom is 0.331 e. The number of hydrogen-bond donors (Lipinski definition) is 2. The van der Waals surface area contributed by atoms with Gasteiger partial charge in [-0.25, -0.2) is 18.4 Å². The summed E-state index contributed by atoms with van der Waals surface area (Å²) in [6.07, 6.45) is 3.34. The number of carbonyl (C=O) groups is 2. The first kappa shape index (κ1) is 21.8. The molecule has 2 aromatic rings. The average Bonchev–Trinajstić information content (AvgIpc) is 2.64. The number of amides is 1. The number of primary sulfonamides is 1. The van der Waals surface area contributed by atoms with E-state index in [1.54, 1.807) is 18.2 Å². The number of rotatable bonds is 8. The predicted octanol–water partition coefficient (Wildman–Crippen LogP) is 2.01. The third-order valence-corrected chi connectivity index (χ3v) is 5.02. The number of halogens is 1. The normalized spacial score (nSPS) is 11.4. The molecule has 0 bridgehead atoms. The number of esters is 1. The Bertz CT molecular complexity index is 972. The van der Waals surface area contributed by atoms with Crippen molar-refractivity contribution in [3.05, 3.63) is 70.2 Å². The quantitative estimate of drug-likeness (QED) is 0.455. The first-order valence-corrected chi connectivity index (χ1v) is 10.6. The minimum atomic E-state index is -3.72. The fourth-order valence-corrected chi connectivity index (χ4v) is 3.13. The van der Waals surface area contributed by atoms with Gasteiger partial charge in [-0.1, -0.05) is 40.2 Å². The standard InChI is InChI=1S/C19H19BrN2O5S/c20-16-3-1-2-15(12-16)6-9-19(24)27-13-18(23)22-11-10-14-4-7-17(8-5-14)28(21,25)26/h1-9,12H,10-11,13H2,(H,22,23)(H2,21,25,26)/b9-6+. The van der Waals surface area contributed by atoms with Crippen LogP contribution in [0.1, 0.15) is 11.1 Å². The van der Waals surface area contributed by atoms with Crippen molar-refractivity contribution in [1.29, 1.82) is 0 Å². The van der Waals surface area contributed by atoms with Crippen molar-refractivity contribution < 1.29 is 22.7 Å². The Morgan fingerprint density at radius 2 is 1.86 bits per heavy atom. The van der Waals surface area contributed by atoms with Crippen LogP contribution >= 0.6 is 15.9 Å². The lowest BCUT2D eigenvalue weighted by molar-refractivity contribution is -0.143. The van der Waals surface area contributed by atoms with Crippen LogP contribution in [-0.2, 0) is 30.8 Å². The summed E-state index contributed by atoms with van der Waals surface area (Å²) in [5.74, 6) is -1.04. The van der Waals surface area contributed by atoms with Crippen molar-refractivity contribution in [3.63, 3.8) is 0 Å². The molecule has 0 aliphatic heterocycles. The summed E-state index contributed by atoms with van der Waals surface area (Å²) in [7, 11) is -3.72. The monoisotopic (exact) mass is 466 g/mol. The molecule has 7 nitrogen and oxygen atoms in total. The van der Waals surface area contributed by atoms with E-state index >= 15 is 0 Å². The van der Waals surface area contributed by atoms with Crippen molar-refractivity contribution >= 4 is 43.9 Å². The highest BCUT2D eigenvalue weighted by Crippen LogP contribution is 2.12. The van der Waals surface area contributed by atoms with Crippen LogP contribution in [0.3, 0.4) is 0 Å². The van der Waals surface area contributed by atoms with Gasteiger partial charge in [0.15, 0.2) is 6.61 Å². The van der Waals surface area contributed by atoms with Gasteiger partial charge in [-0.05, 0) is 47.9 Å². The summed E-state index contributed by atoms with van der Waals surface area (Å²) in [5, 5.41) is 7.66. The van der Waals surface area contributed by atoms with E-state index in [-0.39, 0.29) is 11.5 Å². The highest BCUT2D eigenvalue weighted by atomic mass is 79.9. The van der Waals surface area contributed by atoms with Crippen LogP contribution in [0.4, 0.5) is 0 Å². The minimum absolute atomic E-state index is 0.0307. The first-order chi connectivity index (χ1) is 13.2. The fourth-order valence-electron chi connectivity index (χ4n) is 2.20. The SMILES string of the molecule is NS(=O)(=O)c1ccc(CCNC(=O)COC(=O)/C=C/c2cccc(Br)c2)cc1. The first-order valence-electron chi connectivity index (χ1n) is 8.23. The van der Waals surface area contributed by atoms with Gasteiger partial charge in [-0.3, -0.25) is 4.79 Å². The van der Waals surface area contributed by atoms with Gasteiger partial charge in [-0.15, -0.1) is 0 Å². The van der Waals surface area contributed by atoms with Gasteiger partial charge in [0.2, 0.25) is 10.0 Å². The molecule has 148 valence electrons. The molecule has 0 saturated heterocycles. The molecule has 2 aromatic carbocycles. The molecule has 1 amide bonds. The Balaban J connectivity index is 1.70. The van der Waals surface area contributed by atoms with E-state index in [4.69, 9.17) is 9.88 Å². The van der Waals surface area contributed by atoms with Crippen molar-refractivity contribution in [2.75, 3.05) is 13.2 Å². The van der Waals surface area contributed by atoms with Gasteiger partial charge in [0.25, 0.3) is 5.91 Å². The summed E-state index contributed by atoms with van der Waals surface area (Å²) in [6, 6.07) is 13.4. The molecule has 2 rings (SSSR count). The molecule has 0 fully saturated rings. The van der Waals surface area contributed by atoms with Crippen molar-refractivity contribution in [3.8, 4) is 0 Å². The number of nitrogens with two attached hydrogens (primary N) is 1. The van der Waals surface area contributed by atoms with Gasteiger partial charge >= 0.3 is 5.97 Å². The van der Waals surface area contributed by atoms with Crippen LogP contribution in [-0.4, -0.2) is 33.4 Å². The van der Waals surface area contributed by atoms with Crippen LogP contribution < -0.4 is 10.5 Å². The fraction of sp³-hybridized carbons (Fsp3) is 0.158. The molecular weight excluding hydrogens is 448 g/mol. The van der Waals surface area contributed by atoms with E-state index in [9.17, 15) is 18.0 Å². The Morgan fingerprint density at radius 1 is 1.14 bits per heavy atom. The second-order valence-electron chi connectivity index (χ2n) is 5.78. The number of nitrogens with one attached hydrogen (secondary N) is 1. The Hall–Kier alpha value is -2.49. The van der Waals surface area contributed by atoms with E-state index in [0.29, 0.717) is 13.0 Å². The Morgan fingerprint density at radius 3 is 2.50 bits per heavy atom. The zero-order valence-electron chi connectivity index (χ0n) is 14.8. The summed E-state index contributed by atoms with van der Waals surface area (Å²) < 4.78 is 28.2. The van der Waals surface area contributed by atoms with E-state index in [2.05, 4.69) is 21.2 Å². The molecule has 0 atom stereocenters. The topological polar surface area (TPSA) is 116 Å². The van der Waals surface area contributed by atoms with Crippen molar-refractivity contribution in [1.82, 2.24) is 5.32 Å². The zero-order chi connectivity index (χ0) is 20.6. The van der Waals surface area contributed by atoms with Crippen molar-refractivity contribution in [2.24, 2.45) is 5.14 Å². The largest absolute Gasteiger partial charge is 0.452 e. The molecule has 3 N–H and O–H groups in total. The summed E-state index contributed by atoms with van der Waals surface area (Å²) >= 11 is 3.34. The molecule has 0 heterocycles. The van der Waals surface area contributed by atoms with Crippen LogP contribution in [0.25, 0.3) is 6.08 Å². The number of sulfonamides is 1. The molecule has 0 radical (unpaired) electrons. The van der Waals surface area contributed by atoms with Crippen LogP contribution in [0, 0.1) is 0 Å². The smallest absolute Gasteiger partial charge is 0.331 e. The van der Waals surface area contributed by atoms with E-state index < -0.39 is 21.9 Å². The van der Waals surface area contributed by atoms with Crippen LogP contribution in [0.5, 0.6) is 0 Å². The summed E-state index contributed by atoms with van der Waals surface area (Å²) in [6.45, 7) is -0.0645. The molecule has 0 aromatic heterocycles. The van der Waals surface area contributed by atoms with Gasteiger partial charge < -0.3 is 10.1 Å². The van der Waals surface area contributed by atoms with Gasteiger partial charge in [-0.2, -0.15) is 0 Å². The Labute approximate surface area is 171 Å². The Kier molecular flexibility index (Phi) is 7.91. The third kappa shape index (κ3) is 7.63. The van der Waals surface area contributed by atoms with Gasteiger partial charge in [0.05, 0.1) is 4.90 Å². The predicted molar refractivity (Wildman–Crippen MR) is 109 cm³/mol. The lowest BCUT2D eigenvalue weighted by Crippen LogP contribution is -2.30. The number of hydrogen-bond acceptors (Lipinski definition) is 5. The van der Waals surface area contributed by atoms with E-state index in [0.717, 1.165) is 15.6 Å². The second-order valence-corrected chi connectivity index (χ2v) is 8.26. The van der Waals surface area contributed by atoms with Crippen LogP contribution in [0.2, 0.25) is 0 Å². The molecule has 0 spiro atoms. The molecule has 9 heteroatoms. The lowest BCUT2D eigenvalue weighted by atomic mass is 10.1. The lowest BCUT2D eigenvalue weighted by Gasteiger charge is -2.06. The minimum Gasteiger partial charge on any atom is -0.452 e. The highest BCUT2D eigenvalue weighted by Gasteiger charge is 2.07. The molecule has 0 unspecified atom stereocenters. The molecule has 28 heavy (non-hydrogen) atoms. The second kappa shape index (κ2) is 10.2.